The van der Waals surface area contributed by atoms with Gasteiger partial charge in [-0.25, -0.2) is 14.2 Å². The fourth-order valence-electron chi connectivity index (χ4n) is 2.83. The summed E-state index contributed by atoms with van der Waals surface area (Å²) in [5.41, 5.74) is 5.13. The number of nitrogens with one attached hydrogen (secondary N) is 2. The average Bonchev–Trinajstić information content (AvgIpc) is 2.78. The van der Waals surface area contributed by atoms with Crippen molar-refractivity contribution in [3.63, 3.8) is 0 Å². The van der Waals surface area contributed by atoms with E-state index in [1.165, 1.54) is 36.4 Å². The molecule has 10 heteroatoms. The van der Waals surface area contributed by atoms with Crippen molar-refractivity contribution in [1.29, 1.82) is 0 Å². The Morgan fingerprint density at radius 1 is 0.848 bits per heavy atom. The van der Waals surface area contributed by atoms with E-state index in [1.54, 1.807) is 6.21 Å². The maximum Gasteiger partial charge on any atom is 0.248 e. The van der Waals surface area contributed by atoms with Crippen molar-refractivity contribution in [2.45, 2.75) is 6.92 Å². The highest BCUT2D eigenvalue weighted by atomic mass is 35.5. The minimum atomic E-state index is -0.599. The zero-order chi connectivity index (χ0) is 23.4. The molecular weight excluding hydrogens is 469 g/mol. The normalized spacial score (nSPS) is 11.1. The van der Waals surface area contributed by atoms with Gasteiger partial charge in [0, 0.05) is 5.69 Å². The zero-order valence-corrected chi connectivity index (χ0v) is 18.7. The molecule has 4 rings (SSSR count). The molecule has 0 saturated heterocycles. The molecule has 2 N–H and O–H groups in total. The van der Waals surface area contributed by atoms with E-state index >= 15 is 0 Å². The SMILES string of the molecule is Cc1ccc(C=NNc2nc(Nc3ccc(F)c(Cl)c3)nc(-c3c(F)cccc3Cl)n2)cc1. The van der Waals surface area contributed by atoms with E-state index in [4.69, 9.17) is 23.2 Å². The molecule has 0 saturated carbocycles. The highest BCUT2D eigenvalue weighted by molar-refractivity contribution is 6.33. The van der Waals surface area contributed by atoms with Gasteiger partial charge in [0.25, 0.3) is 0 Å². The summed E-state index contributed by atoms with van der Waals surface area (Å²) in [6, 6.07) is 16.0. The van der Waals surface area contributed by atoms with Crippen molar-refractivity contribution in [2.75, 3.05) is 10.7 Å². The summed E-state index contributed by atoms with van der Waals surface area (Å²) in [7, 11) is 0. The van der Waals surface area contributed by atoms with E-state index in [9.17, 15) is 8.78 Å². The van der Waals surface area contributed by atoms with Crippen LogP contribution in [0.4, 0.5) is 26.4 Å². The van der Waals surface area contributed by atoms with E-state index < -0.39 is 11.6 Å². The van der Waals surface area contributed by atoms with E-state index in [0.717, 1.165) is 11.1 Å². The summed E-state index contributed by atoms with van der Waals surface area (Å²) in [5, 5.41) is 7.10. The fourth-order valence-corrected chi connectivity index (χ4v) is 3.25. The molecular formula is C23H16Cl2F2N6. The molecule has 0 amide bonds. The molecule has 0 bridgehead atoms. The first kappa shape index (κ1) is 22.6. The number of aryl methyl sites for hydroxylation is 1. The van der Waals surface area contributed by atoms with Gasteiger partial charge < -0.3 is 5.32 Å². The number of hydrazone groups is 1. The molecule has 0 radical (unpaired) electrons. The lowest BCUT2D eigenvalue weighted by Crippen LogP contribution is -2.06. The first-order chi connectivity index (χ1) is 15.9. The van der Waals surface area contributed by atoms with Gasteiger partial charge >= 0.3 is 0 Å². The van der Waals surface area contributed by atoms with Crippen molar-refractivity contribution in [3.05, 3.63) is 93.5 Å². The van der Waals surface area contributed by atoms with Crippen LogP contribution in [-0.4, -0.2) is 21.2 Å². The second-order valence-electron chi connectivity index (χ2n) is 6.94. The predicted octanol–water partition coefficient (Wildman–Crippen LogP) is 6.62. The van der Waals surface area contributed by atoms with Gasteiger partial charge in [-0.3, -0.25) is 0 Å². The second kappa shape index (κ2) is 9.89. The number of hydrogen-bond acceptors (Lipinski definition) is 6. The Labute approximate surface area is 198 Å². The van der Waals surface area contributed by atoms with E-state index in [-0.39, 0.29) is 33.3 Å². The summed E-state index contributed by atoms with van der Waals surface area (Å²) >= 11 is 12.0. The first-order valence-electron chi connectivity index (χ1n) is 9.67. The highest BCUT2D eigenvalue weighted by Gasteiger charge is 2.16. The molecule has 166 valence electrons. The topological polar surface area (TPSA) is 75.1 Å². The van der Waals surface area contributed by atoms with Gasteiger partial charge in [-0.05, 0) is 42.8 Å². The van der Waals surface area contributed by atoms with E-state index in [2.05, 4.69) is 30.8 Å². The molecule has 0 aliphatic carbocycles. The monoisotopic (exact) mass is 484 g/mol. The summed E-state index contributed by atoms with van der Waals surface area (Å²) in [6.45, 7) is 1.99. The Kier molecular flexibility index (Phi) is 6.76. The number of nitrogens with zero attached hydrogens (tertiary/aromatic N) is 4. The van der Waals surface area contributed by atoms with Crippen molar-refractivity contribution >= 4 is 47.0 Å². The zero-order valence-electron chi connectivity index (χ0n) is 17.2. The number of hydrogen-bond donors (Lipinski definition) is 2. The summed E-state index contributed by atoms with van der Waals surface area (Å²) in [6.07, 6.45) is 1.59. The average molecular weight is 485 g/mol. The van der Waals surface area contributed by atoms with E-state index in [1.807, 2.05) is 31.2 Å². The third-order valence-electron chi connectivity index (χ3n) is 4.45. The van der Waals surface area contributed by atoms with Crippen LogP contribution in [0.5, 0.6) is 0 Å². The molecule has 0 aliphatic rings. The van der Waals surface area contributed by atoms with Crippen LogP contribution in [0.2, 0.25) is 10.0 Å². The number of aromatic nitrogens is 3. The number of anilines is 3. The molecule has 0 fully saturated rings. The maximum absolute atomic E-state index is 14.5. The molecule has 0 unspecified atom stereocenters. The Hall–Kier alpha value is -3.62. The Bertz CT molecular complexity index is 1310. The third kappa shape index (κ3) is 5.60. The van der Waals surface area contributed by atoms with Crippen molar-refractivity contribution in [3.8, 4) is 11.4 Å². The van der Waals surface area contributed by atoms with Crippen molar-refractivity contribution in [2.24, 2.45) is 5.10 Å². The predicted molar refractivity (Wildman–Crippen MR) is 127 cm³/mol. The van der Waals surface area contributed by atoms with Crippen LogP contribution in [0.1, 0.15) is 11.1 Å². The second-order valence-corrected chi connectivity index (χ2v) is 7.75. The van der Waals surface area contributed by atoms with Crippen LogP contribution >= 0.6 is 23.2 Å². The molecule has 6 nitrogen and oxygen atoms in total. The lowest BCUT2D eigenvalue weighted by molar-refractivity contribution is 0.628. The standard InChI is InChI=1S/C23H16Cl2F2N6/c1-13-5-7-14(8-6-13)12-28-33-23-31-21(20-16(24)3-2-4-19(20)27)30-22(32-23)29-15-9-10-18(26)17(25)11-15/h2-12H,1H3,(H2,29,30,31,32,33). The van der Waals surface area contributed by atoms with Gasteiger partial charge in [0.2, 0.25) is 11.9 Å². The quantitative estimate of drug-likeness (QED) is 0.237. The highest BCUT2D eigenvalue weighted by Crippen LogP contribution is 2.30. The van der Waals surface area contributed by atoms with Crippen molar-refractivity contribution in [1.82, 2.24) is 15.0 Å². The number of benzene rings is 3. The third-order valence-corrected chi connectivity index (χ3v) is 5.06. The maximum atomic E-state index is 14.5. The number of rotatable bonds is 6. The molecule has 33 heavy (non-hydrogen) atoms. The smallest absolute Gasteiger partial charge is 0.248 e. The van der Waals surface area contributed by atoms with Gasteiger partial charge in [-0.15, -0.1) is 0 Å². The molecule has 1 heterocycles. The summed E-state index contributed by atoms with van der Waals surface area (Å²) < 4.78 is 28.0. The van der Waals surface area contributed by atoms with Gasteiger partial charge in [-0.2, -0.15) is 20.1 Å². The lowest BCUT2D eigenvalue weighted by atomic mass is 10.2. The van der Waals surface area contributed by atoms with Crippen LogP contribution < -0.4 is 10.7 Å². The van der Waals surface area contributed by atoms with Gasteiger partial charge in [-0.1, -0.05) is 59.1 Å². The lowest BCUT2D eigenvalue weighted by Gasteiger charge is -2.10. The van der Waals surface area contributed by atoms with Gasteiger partial charge in [0.1, 0.15) is 11.6 Å². The first-order valence-corrected chi connectivity index (χ1v) is 10.4. The van der Waals surface area contributed by atoms with Crippen LogP contribution in [-0.2, 0) is 0 Å². The molecule has 0 atom stereocenters. The van der Waals surface area contributed by atoms with Gasteiger partial charge in [0.05, 0.1) is 21.8 Å². The molecule has 4 aromatic rings. The fraction of sp³-hybridized carbons (Fsp3) is 0.0435. The van der Waals surface area contributed by atoms with E-state index in [0.29, 0.717) is 5.69 Å². The molecule has 0 spiro atoms. The molecule has 3 aromatic carbocycles. The molecule has 0 aliphatic heterocycles. The van der Waals surface area contributed by atoms with Crippen molar-refractivity contribution < 1.29 is 8.78 Å². The Morgan fingerprint density at radius 3 is 2.33 bits per heavy atom. The summed E-state index contributed by atoms with van der Waals surface area (Å²) in [4.78, 5) is 12.8. The van der Waals surface area contributed by atoms with Crippen LogP contribution in [0.15, 0.2) is 65.8 Å². The van der Waals surface area contributed by atoms with Crippen LogP contribution in [0.3, 0.4) is 0 Å². The molecule has 1 aromatic heterocycles. The largest absolute Gasteiger partial charge is 0.324 e. The minimum Gasteiger partial charge on any atom is -0.324 e. The number of halogens is 4. The van der Waals surface area contributed by atoms with Gasteiger partial charge in [0.15, 0.2) is 5.82 Å². The minimum absolute atomic E-state index is 0.00678. The van der Waals surface area contributed by atoms with Crippen LogP contribution in [0, 0.1) is 18.6 Å². The summed E-state index contributed by atoms with van der Waals surface area (Å²) in [5.74, 6) is -1.09. The Morgan fingerprint density at radius 2 is 1.61 bits per heavy atom. The Balaban J connectivity index is 1.69. The van der Waals surface area contributed by atoms with Crippen LogP contribution in [0.25, 0.3) is 11.4 Å².